The number of aryl methyl sites for hydroxylation is 2. The maximum Gasteiger partial charge on any atom is 0.250 e. The largest absolute Gasteiger partial charge is 0.436 e. The van der Waals surface area contributed by atoms with Crippen molar-refractivity contribution in [3.8, 4) is 11.6 Å². The van der Waals surface area contributed by atoms with Gasteiger partial charge in [0, 0.05) is 7.05 Å². The molecule has 108 valence electrons. The van der Waals surface area contributed by atoms with Gasteiger partial charge in [0.05, 0.1) is 6.33 Å². The molecule has 0 aliphatic rings. The highest BCUT2D eigenvalue weighted by atomic mass is 16.5. The molecule has 0 aliphatic heterocycles. The Morgan fingerprint density at radius 2 is 1.86 bits per heavy atom. The zero-order valence-corrected chi connectivity index (χ0v) is 12.5. The molecule has 0 atom stereocenters. The normalized spacial score (nSPS) is 10.9. The molecular weight excluding hydrogens is 266 g/mol. The van der Waals surface area contributed by atoms with Crippen LogP contribution in [0.15, 0.2) is 18.5 Å². The van der Waals surface area contributed by atoms with Crippen LogP contribution >= 0.6 is 0 Å². The molecule has 0 bridgehead atoms. The van der Waals surface area contributed by atoms with Gasteiger partial charge < -0.3 is 15.0 Å². The highest BCUT2D eigenvalue weighted by molar-refractivity contribution is 5.77. The monoisotopic (exact) mass is 283 g/mol. The third-order valence-corrected chi connectivity index (χ3v) is 3.55. The van der Waals surface area contributed by atoms with Gasteiger partial charge in [-0.15, -0.1) is 0 Å². The number of H-pyrrole nitrogens is 1. The van der Waals surface area contributed by atoms with Gasteiger partial charge in [-0.3, -0.25) is 0 Å². The summed E-state index contributed by atoms with van der Waals surface area (Å²) in [5, 5.41) is 2.92. The van der Waals surface area contributed by atoms with Crippen molar-refractivity contribution < 1.29 is 4.74 Å². The van der Waals surface area contributed by atoms with Crippen molar-refractivity contribution in [2.45, 2.75) is 20.8 Å². The first-order valence-corrected chi connectivity index (χ1v) is 6.73. The number of fused-ring (bicyclic) bond motifs is 1. The van der Waals surface area contributed by atoms with Crippen LogP contribution in [0.4, 0.5) is 5.95 Å². The van der Waals surface area contributed by atoms with Gasteiger partial charge in [-0.25, -0.2) is 4.98 Å². The minimum absolute atomic E-state index is 0.471. The summed E-state index contributed by atoms with van der Waals surface area (Å²) < 4.78 is 6.07. The standard InChI is InChI=1S/C15H17N5O/c1-8-5-6-9(2)12(10(8)3)21-14-11-13(18-7-17-11)19-15(16-4)20-14/h5-7H,1-4H3,(H2,16,17,18,19,20). The molecule has 21 heavy (non-hydrogen) atoms. The second kappa shape index (κ2) is 5.05. The Bertz CT molecular complexity index is 809. The summed E-state index contributed by atoms with van der Waals surface area (Å²) in [5.41, 5.74) is 4.61. The van der Waals surface area contributed by atoms with Crippen LogP contribution in [0.3, 0.4) is 0 Å². The first kappa shape index (κ1) is 13.4. The fourth-order valence-electron chi connectivity index (χ4n) is 2.17. The quantitative estimate of drug-likeness (QED) is 0.772. The van der Waals surface area contributed by atoms with Crippen LogP contribution in [0, 0.1) is 20.8 Å². The van der Waals surface area contributed by atoms with E-state index in [-0.39, 0.29) is 0 Å². The Balaban J connectivity index is 2.14. The van der Waals surface area contributed by atoms with Crippen molar-refractivity contribution in [3.05, 3.63) is 35.2 Å². The summed E-state index contributed by atoms with van der Waals surface area (Å²) in [5.74, 6) is 1.78. The van der Waals surface area contributed by atoms with Crippen LogP contribution in [-0.2, 0) is 0 Å². The number of anilines is 1. The molecule has 0 fully saturated rings. The van der Waals surface area contributed by atoms with Crippen molar-refractivity contribution in [2.75, 3.05) is 12.4 Å². The van der Waals surface area contributed by atoms with E-state index in [0.717, 1.165) is 16.9 Å². The van der Waals surface area contributed by atoms with Gasteiger partial charge in [-0.2, -0.15) is 9.97 Å². The van der Waals surface area contributed by atoms with E-state index in [9.17, 15) is 0 Å². The molecule has 3 aromatic rings. The third kappa shape index (κ3) is 2.29. The molecule has 1 aromatic carbocycles. The number of imidazole rings is 1. The van der Waals surface area contributed by atoms with E-state index in [4.69, 9.17) is 4.74 Å². The lowest BCUT2D eigenvalue weighted by molar-refractivity contribution is 0.460. The molecule has 6 heteroatoms. The fourth-order valence-corrected chi connectivity index (χ4v) is 2.17. The molecule has 0 amide bonds. The highest BCUT2D eigenvalue weighted by Crippen LogP contribution is 2.32. The van der Waals surface area contributed by atoms with E-state index in [2.05, 4.69) is 38.2 Å². The maximum absolute atomic E-state index is 6.07. The van der Waals surface area contributed by atoms with E-state index in [0.29, 0.717) is 23.0 Å². The lowest BCUT2D eigenvalue weighted by Crippen LogP contribution is -2.01. The van der Waals surface area contributed by atoms with E-state index in [1.807, 2.05) is 19.9 Å². The van der Waals surface area contributed by atoms with Gasteiger partial charge in [0.2, 0.25) is 5.95 Å². The number of nitrogens with zero attached hydrogens (tertiary/aromatic N) is 3. The summed E-state index contributed by atoms with van der Waals surface area (Å²) in [7, 11) is 1.76. The topological polar surface area (TPSA) is 75.7 Å². The zero-order chi connectivity index (χ0) is 15.0. The smallest absolute Gasteiger partial charge is 0.250 e. The van der Waals surface area contributed by atoms with E-state index < -0.39 is 0 Å². The van der Waals surface area contributed by atoms with Crippen molar-refractivity contribution in [3.63, 3.8) is 0 Å². The maximum atomic E-state index is 6.07. The molecule has 2 aromatic heterocycles. The number of nitrogens with one attached hydrogen (secondary N) is 2. The average molecular weight is 283 g/mol. The van der Waals surface area contributed by atoms with Crippen LogP contribution in [0.25, 0.3) is 11.2 Å². The molecule has 0 unspecified atom stereocenters. The molecule has 0 radical (unpaired) electrons. The van der Waals surface area contributed by atoms with Gasteiger partial charge in [-0.1, -0.05) is 12.1 Å². The van der Waals surface area contributed by atoms with Crippen LogP contribution in [0.5, 0.6) is 11.6 Å². The first-order valence-electron chi connectivity index (χ1n) is 6.73. The Morgan fingerprint density at radius 1 is 1.10 bits per heavy atom. The Morgan fingerprint density at radius 3 is 2.62 bits per heavy atom. The minimum Gasteiger partial charge on any atom is -0.436 e. The SMILES string of the molecule is CNc1nc(Oc2c(C)ccc(C)c2C)c2[nH]cnc2n1. The van der Waals surface area contributed by atoms with Crippen LogP contribution in [0.2, 0.25) is 0 Å². The number of hydrogen-bond acceptors (Lipinski definition) is 5. The second-order valence-corrected chi connectivity index (χ2v) is 4.96. The Labute approximate surface area is 122 Å². The first-order chi connectivity index (χ1) is 10.1. The van der Waals surface area contributed by atoms with Crippen molar-refractivity contribution in [1.29, 1.82) is 0 Å². The van der Waals surface area contributed by atoms with Gasteiger partial charge in [0.15, 0.2) is 5.65 Å². The number of ether oxygens (including phenoxy) is 1. The van der Waals surface area contributed by atoms with Crippen LogP contribution in [-0.4, -0.2) is 27.0 Å². The molecule has 6 nitrogen and oxygen atoms in total. The predicted octanol–water partition coefficient (Wildman–Crippen LogP) is 3.11. The Kier molecular flexibility index (Phi) is 3.21. The molecule has 0 aliphatic carbocycles. The third-order valence-electron chi connectivity index (χ3n) is 3.55. The molecule has 0 saturated heterocycles. The highest BCUT2D eigenvalue weighted by Gasteiger charge is 2.14. The van der Waals surface area contributed by atoms with Gasteiger partial charge >= 0.3 is 0 Å². The lowest BCUT2D eigenvalue weighted by atomic mass is 10.1. The summed E-state index contributed by atoms with van der Waals surface area (Å²) >= 11 is 0. The molecule has 2 N–H and O–H groups in total. The summed E-state index contributed by atoms with van der Waals surface area (Å²) in [4.78, 5) is 15.8. The van der Waals surface area contributed by atoms with Crippen molar-refractivity contribution >= 4 is 17.1 Å². The fraction of sp³-hybridized carbons (Fsp3) is 0.267. The van der Waals surface area contributed by atoms with Gasteiger partial charge in [-0.05, 0) is 37.5 Å². The molecular formula is C15H17N5O. The molecule has 3 rings (SSSR count). The predicted molar refractivity (Wildman–Crippen MR) is 82.0 cm³/mol. The number of benzene rings is 1. The van der Waals surface area contributed by atoms with Gasteiger partial charge in [0.25, 0.3) is 5.88 Å². The van der Waals surface area contributed by atoms with E-state index >= 15 is 0 Å². The number of aromatic amines is 1. The van der Waals surface area contributed by atoms with Gasteiger partial charge in [0.1, 0.15) is 11.3 Å². The average Bonchev–Trinajstić information content (AvgIpc) is 2.95. The zero-order valence-electron chi connectivity index (χ0n) is 12.5. The van der Waals surface area contributed by atoms with E-state index in [1.165, 1.54) is 5.56 Å². The number of hydrogen-bond donors (Lipinski definition) is 2. The van der Waals surface area contributed by atoms with E-state index in [1.54, 1.807) is 13.4 Å². The number of aromatic nitrogens is 4. The number of rotatable bonds is 3. The molecule has 2 heterocycles. The van der Waals surface area contributed by atoms with Crippen LogP contribution in [0.1, 0.15) is 16.7 Å². The molecule has 0 spiro atoms. The summed E-state index contributed by atoms with van der Waals surface area (Å²) in [6, 6.07) is 4.13. The minimum atomic E-state index is 0.471. The molecule has 0 saturated carbocycles. The Hall–Kier alpha value is -2.63. The van der Waals surface area contributed by atoms with Crippen LogP contribution < -0.4 is 10.1 Å². The summed E-state index contributed by atoms with van der Waals surface area (Å²) in [6.07, 6.45) is 1.58. The van der Waals surface area contributed by atoms with Crippen molar-refractivity contribution in [1.82, 2.24) is 19.9 Å². The van der Waals surface area contributed by atoms with Crippen molar-refractivity contribution in [2.24, 2.45) is 0 Å². The summed E-state index contributed by atoms with van der Waals surface area (Å²) in [6.45, 7) is 6.13. The lowest BCUT2D eigenvalue weighted by Gasteiger charge is -2.13. The second-order valence-electron chi connectivity index (χ2n) is 4.96.